The lowest BCUT2D eigenvalue weighted by atomic mass is 10.2. The Morgan fingerprint density at radius 2 is 1.92 bits per heavy atom. The van der Waals surface area contributed by atoms with E-state index in [1.165, 1.54) is 12.1 Å². The van der Waals surface area contributed by atoms with Crippen molar-refractivity contribution in [1.82, 2.24) is 10.3 Å². The number of hydrogen-bond donors (Lipinski definition) is 2. The molecule has 0 aliphatic heterocycles. The van der Waals surface area contributed by atoms with Gasteiger partial charge >= 0.3 is 0 Å². The highest BCUT2D eigenvalue weighted by atomic mass is 79.9. The molecule has 0 bridgehead atoms. The first-order valence-corrected chi connectivity index (χ1v) is 8.26. The maximum atomic E-state index is 13.5. The molecule has 0 aliphatic carbocycles. The third-order valence-corrected chi connectivity index (χ3v) is 4.21. The van der Waals surface area contributed by atoms with E-state index in [1.807, 2.05) is 24.3 Å². The van der Waals surface area contributed by atoms with Gasteiger partial charge in [-0.2, -0.15) is 0 Å². The average Bonchev–Trinajstić information content (AvgIpc) is 2.59. The minimum atomic E-state index is -0.520. The van der Waals surface area contributed by atoms with Crippen LogP contribution in [0.25, 0.3) is 10.9 Å². The fourth-order valence-electron chi connectivity index (χ4n) is 2.41. The first kappa shape index (κ1) is 16.4. The molecule has 122 valence electrons. The quantitative estimate of drug-likeness (QED) is 0.651. The number of carbonyl (C=O) groups is 1. The van der Waals surface area contributed by atoms with Gasteiger partial charge in [-0.3, -0.25) is 9.78 Å². The monoisotopic (exact) mass is 387 g/mol. The molecule has 1 aromatic heterocycles. The fourth-order valence-corrected chi connectivity index (χ4v) is 2.88. The lowest BCUT2D eigenvalue weighted by Gasteiger charge is -2.11. The van der Waals surface area contributed by atoms with Crippen molar-refractivity contribution in [3.05, 3.63) is 70.6 Å². The second-order valence-corrected chi connectivity index (χ2v) is 6.01. The number of amides is 1. The molecule has 0 atom stereocenters. The molecule has 0 aliphatic rings. The van der Waals surface area contributed by atoms with Crippen molar-refractivity contribution in [3.8, 4) is 0 Å². The smallest absolute Gasteiger partial charge is 0.254 e. The van der Waals surface area contributed by atoms with E-state index in [1.54, 1.807) is 18.3 Å². The van der Waals surface area contributed by atoms with Crippen LogP contribution in [0, 0.1) is 5.82 Å². The van der Waals surface area contributed by atoms with Gasteiger partial charge < -0.3 is 10.6 Å². The number of hydrogen-bond acceptors (Lipinski definition) is 3. The van der Waals surface area contributed by atoms with Crippen LogP contribution >= 0.6 is 15.9 Å². The molecule has 0 spiro atoms. The third-order valence-electron chi connectivity index (χ3n) is 3.57. The van der Waals surface area contributed by atoms with E-state index >= 15 is 0 Å². The van der Waals surface area contributed by atoms with Gasteiger partial charge in [-0.1, -0.05) is 24.3 Å². The Labute approximate surface area is 147 Å². The van der Waals surface area contributed by atoms with Crippen LogP contribution in [0.5, 0.6) is 0 Å². The van der Waals surface area contributed by atoms with Gasteiger partial charge in [0.1, 0.15) is 5.82 Å². The molecule has 3 aromatic rings. The van der Waals surface area contributed by atoms with Crippen LogP contribution in [-0.2, 0) is 0 Å². The van der Waals surface area contributed by atoms with Crippen LogP contribution in [-0.4, -0.2) is 24.0 Å². The molecule has 1 heterocycles. The van der Waals surface area contributed by atoms with E-state index in [9.17, 15) is 9.18 Å². The van der Waals surface area contributed by atoms with Crippen molar-refractivity contribution in [1.29, 1.82) is 0 Å². The molecule has 3 rings (SSSR count). The Morgan fingerprint density at radius 1 is 1.08 bits per heavy atom. The van der Waals surface area contributed by atoms with Crippen molar-refractivity contribution >= 4 is 38.4 Å². The van der Waals surface area contributed by atoms with Crippen molar-refractivity contribution < 1.29 is 9.18 Å². The van der Waals surface area contributed by atoms with Gasteiger partial charge in [-0.15, -0.1) is 0 Å². The number of nitrogens with zero attached hydrogens (tertiary/aromatic N) is 1. The summed E-state index contributed by atoms with van der Waals surface area (Å²) in [5.74, 6) is -0.940. The van der Waals surface area contributed by atoms with Crippen molar-refractivity contribution in [2.45, 2.75) is 0 Å². The van der Waals surface area contributed by atoms with E-state index in [0.717, 1.165) is 21.1 Å². The molecule has 2 N–H and O–H groups in total. The van der Waals surface area contributed by atoms with Crippen LogP contribution < -0.4 is 10.6 Å². The molecule has 2 aromatic carbocycles. The summed E-state index contributed by atoms with van der Waals surface area (Å²) >= 11 is 3.48. The predicted octanol–water partition coefficient (Wildman–Crippen LogP) is 3.98. The molecule has 24 heavy (non-hydrogen) atoms. The van der Waals surface area contributed by atoms with Crippen LogP contribution in [0.15, 0.2) is 59.2 Å². The van der Waals surface area contributed by atoms with E-state index in [0.29, 0.717) is 13.1 Å². The van der Waals surface area contributed by atoms with E-state index in [2.05, 4.69) is 31.5 Å². The number of anilines is 1. The molecular formula is C18H15BrFN3O. The minimum absolute atomic E-state index is 0.0517. The number of fused-ring (bicyclic) bond motifs is 1. The van der Waals surface area contributed by atoms with E-state index < -0.39 is 11.7 Å². The highest BCUT2D eigenvalue weighted by Crippen LogP contribution is 2.26. The van der Waals surface area contributed by atoms with Gasteiger partial charge in [0.05, 0.1) is 11.1 Å². The lowest BCUT2D eigenvalue weighted by molar-refractivity contribution is 0.0951. The second kappa shape index (κ2) is 7.40. The zero-order valence-electron chi connectivity index (χ0n) is 12.7. The van der Waals surface area contributed by atoms with Crippen molar-refractivity contribution in [2.24, 2.45) is 0 Å². The van der Waals surface area contributed by atoms with Gasteiger partial charge in [-0.25, -0.2) is 4.39 Å². The van der Waals surface area contributed by atoms with E-state index in [-0.39, 0.29) is 5.56 Å². The Balaban J connectivity index is 1.61. The summed E-state index contributed by atoms with van der Waals surface area (Å²) in [4.78, 5) is 16.3. The fraction of sp³-hybridized carbons (Fsp3) is 0.111. The number of benzene rings is 2. The number of para-hydroxylation sites is 1. The summed E-state index contributed by atoms with van der Waals surface area (Å²) in [6.07, 6.45) is 1.73. The van der Waals surface area contributed by atoms with Gasteiger partial charge in [0.15, 0.2) is 0 Å². The van der Waals surface area contributed by atoms with Crippen LogP contribution in [0.1, 0.15) is 10.4 Å². The van der Waals surface area contributed by atoms with Crippen LogP contribution in [0.4, 0.5) is 10.1 Å². The average molecular weight is 388 g/mol. The molecule has 0 saturated heterocycles. The first-order valence-electron chi connectivity index (χ1n) is 7.46. The summed E-state index contributed by atoms with van der Waals surface area (Å²) in [6, 6.07) is 13.7. The Kier molecular flexibility index (Phi) is 5.05. The minimum Gasteiger partial charge on any atom is -0.383 e. The highest BCUT2D eigenvalue weighted by Gasteiger charge is 2.10. The number of carbonyl (C=O) groups excluding carboxylic acids is 1. The Bertz CT molecular complexity index is 885. The third kappa shape index (κ3) is 3.54. The number of nitrogens with one attached hydrogen (secondary N) is 2. The standard InChI is InChI=1S/C18H15BrFN3O/c19-14-6-3-5-13-16(8-9-22-17(13)14)21-10-11-23-18(24)12-4-1-2-7-15(12)20/h1-9H,10-11H2,(H,21,22)(H,23,24). The van der Waals surface area contributed by atoms with Crippen LogP contribution in [0.3, 0.4) is 0 Å². The summed E-state index contributed by atoms with van der Waals surface area (Å²) in [6.45, 7) is 0.900. The van der Waals surface area contributed by atoms with Gasteiger partial charge in [-0.05, 0) is 40.2 Å². The number of aromatic nitrogens is 1. The van der Waals surface area contributed by atoms with Gasteiger partial charge in [0.25, 0.3) is 5.91 Å². The zero-order valence-corrected chi connectivity index (χ0v) is 14.3. The molecule has 4 nitrogen and oxygen atoms in total. The number of rotatable bonds is 5. The molecule has 0 unspecified atom stereocenters. The van der Waals surface area contributed by atoms with Gasteiger partial charge in [0.2, 0.25) is 0 Å². The topological polar surface area (TPSA) is 54.0 Å². The summed E-state index contributed by atoms with van der Waals surface area (Å²) in [7, 11) is 0. The second-order valence-electron chi connectivity index (χ2n) is 5.16. The number of pyridine rings is 1. The highest BCUT2D eigenvalue weighted by molar-refractivity contribution is 9.10. The van der Waals surface area contributed by atoms with Gasteiger partial charge in [0, 0.05) is 34.8 Å². The summed E-state index contributed by atoms with van der Waals surface area (Å²) < 4.78 is 14.5. The zero-order chi connectivity index (χ0) is 16.9. The van der Waals surface area contributed by atoms with E-state index in [4.69, 9.17) is 0 Å². The predicted molar refractivity (Wildman–Crippen MR) is 96.7 cm³/mol. The molecule has 0 fully saturated rings. The maximum absolute atomic E-state index is 13.5. The molecule has 6 heteroatoms. The number of halogens is 2. The maximum Gasteiger partial charge on any atom is 0.254 e. The normalized spacial score (nSPS) is 10.6. The summed E-state index contributed by atoms with van der Waals surface area (Å²) in [5.41, 5.74) is 1.86. The molecule has 0 radical (unpaired) electrons. The van der Waals surface area contributed by atoms with Crippen molar-refractivity contribution in [2.75, 3.05) is 18.4 Å². The lowest BCUT2D eigenvalue weighted by Crippen LogP contribution is -2.29. The molecular weight excluding hydrogens is 373 g/mol. The van der Waals surface area contributed by atoms with Crippen molar-refractivity contribution in [3.63, 3.8) is 0 Å². The SMILES string of the molecule is O=C(NCCNc1ccnc2c(Br)cccc12)c1ccccc1F. The van der Waals surface area contributed by atoms with Crippen LogP contribution in [0.2, 0.25) is 0 Å². The molecule has 1 amide bonds. The molecule has 0 saturated carbocycles. The summed E-state index contributed by atoms with van der Waals surface area (Å²) in [5, 5.41) is 6.96. The first-order chi connectivity index (χ1) is 11.7. The Morgan fingerprint density at radius 3 is 2.75 bits per heavy atom. The largest absolute Gasteiger partial charge is 0.383 e. The Hall–Kier alpha value is -2.47.